The number of carbonyl (C=O) groups excluding carboxylic acids is 1. The molecule has 34 heavy (non-hydrogen) atoms. The number of hydrogen-bond acceptors (Lipinski definition) is 5. The van der Waals surface area contributed by atoms with Crippen molar-refractivity contribution in [1.29, 1.82) is 0 Å². The van der Waals surface area contributed by atoms with Gasteiger partial charge in [0.2, 0.25) is 0 Å². The quantitative estimate of drug-likeness (QED) is 0.288. The van der Waals surface area contributed by atoms with Gasteiger partial charge in [0, 0.05) is 34.6 Å². The van der Waals surface area contributed by atoms with Gasteiger partial charge < -0.3 is 10.2 Å². The molecule has 1 amide bonds. The number of halogens is 1. The fourth-order valence-electron chi connectivity index (χ4n) is 4.04. The molecule has 0 fully saturated rings. The third-order valence-electron chi connectivity index (χ3n) is 5.93. The molecule has 0 aliphatic heterocycles. The Morgan fingerprint density at radius 3 is 2.38 bits per heavy atom. The Balaban J connectivity index is 1.43. The van der Waals surface area contributed by atoms with Gasteiger partial charge in [0.15, 0.2) is 0 Å². The van der Waals surface area contributed by atoms with E-state index in [1.165, 1.54) is 17.0 Å². The zero-order valence-corrected chi connectivity index (χ0v) is 20.7. The number of benzene rings is 3. The molecule has 2 heterocycles. The minimum Gasteiger partial charge on any atom is -0.372 e. The lowest BCUT2D eigenvalue weighted by Gasteiger charge is -2.20. The molecule has 6 nitrogen and oxygen atoms in total. The first kappa shape index (κ1) is 22.4. The highest BCUT2D eigenvalue weighted by Crippen LogP contribution is 2.36. The smallest absolute Gasteiger partial charge is 0.267 e. The maximum Gasteiger partial charge on any atom is 0.267 e. The summed E-state index contributed by atoms with van der Waals surface area (Å²) in [4.78, 5) is 17.4. The molecule has 172 valence electrons. The molecule has 8 heteroatoms. The number of nitrogens with one attached hydrogen (secondary N) is 1. The molecule has 0 unspecified atom stereocenters. The number of aromatic nitrogens is 3. The number of anilines is 2. The summed E-state index contributed by atoms with van der Waals surface area (Å²) < 4.78 is 0.986. The average molecular weight is 490 g/mol. The van der Waals surface area contributed by atoms with Crippen LogP contribution in [0.2, 0.25) is 5.02 Å². The third kappa shape index (κ3) is 4.02. The summed E-state index contributed by atoms with van der Waals surface area (Å²) in [5.74, 6) is -0.229. The number of aryl methyl sites for hydroxylation is 1. The number of thiophene rings is 1. The lowest BCUT2D eigenvalue weighted by atomic mass is 10.1. The first-order valence-corrected chi connectivity index (χ1v) is 12.4. The number of carbonyl (C=O) groups is 1. The average Bonchev–Trinajstić information content (AvgIpc) is 3.41. The topological polar surface area (TPSA) is 63.1 Å². The monoisotopic (exact) mass is 489 g/mol. The Kier molecular flexibility index (Phi) is 5.98. The van der Waals surface area contributed by atoms with Crippen molar-refractivity contribution < 1.29 is 4.79 Å². The molecule has 0 aliphatic rings. The SMILES string of the molecule is CCN(CC)c1ccc(-n2nc3cc(C)c(NC(=O)c4sc5ccccc5c4Cl)cc3n2)cc1. The van der Waals surface area contributed by atoms with Crippen LogP contribution in [0.15, 0.2) is 60.7 Å². The molecule has 5 aromatic rings. The van der Waals surface area contributed by atoms with Crippen LogP contribution in [0.25, 0.3) is 26.8 Å². The van der Waals surface area contributed by atoms with Gasteiger partial charge in [0.1, 0.15) is 15.9 Å². The van der Waals surface area contributed by atoms with Gasteiger partial charge in [-0.1, -0.05) is 29.8 Å². The predicted octanol–water partition coefficient (Wildman–Crippen LogP) is 6.70. The van der Waals surface area contributed by atoms with E-state index >= 15 is 0 Å². The van der Waals surface area contributed by atoms with Crippen LogP contribution in [-0.2, 0) is 0 Å². The first-order valence-electron chi connectivity index (χ1n) is 11.2. The van der Waals surface area contributed by atoms with Gasteiger partial charge in [0.05, 0.1) is 10.7 Å². The maximum atomic E-state index is 13.0. The van der Waals surface area contributed by atoms with Crippen molar-refractivity contribution in [2.45, 2.75) is 20.8 Å². The van der Waals surface area contributed by atoms with Crippen LogP contribution < -0.4 is 10.2 Å². The minimum absolute atomic E-state index is 0.229. The molecule has 0 saturated heterocycles. The zero-order valence-electron chi connectivity index (χ0n) is 19.2. The molecule has 3 aromatic carbocycles. The van der Waals surface area contributed by atoms with Crippen molar-refractivity contribution in [3.05, 3.63) is 76.1 Å². The molecule has 0 atom stereocenters. The van der Waals surface area contributed by atoms with Crippen molar-refractivity contribution in [3.8, 4) is 5.69 Å². The molecule has 0 saturated carbocycles. The standard InChI is InChI=1S/C26H24ClN5OS/c1-4-31(5-2)17-10-12-18(13-11-17)32-29-21-14-16(3)20(15-22(21)30-32)28-26(33)25-24(27)19-8-6-7-9-23(19)34-25/h6-15H,4-5H2,1-3H3,(H,28,33). The van der Waals surface area contributed by atoms with Crippen LogP contribution in [-0.4, -0.2) is 34.0 Å². The first-order chi connectivity index (χ1) is 16.5. The Bertz CT molecular complexity index is 1500. The second-order valence-corrected chi connectivity index (χ2v) is 9.46. The second-order valence-electron chi connectivity index (χ2n) is 8.03. The van der Waals surface area contributed by atoms with E-state index in [0.717, 1.165) is 39.9 Å². The number of fused-ring (bicyclic) bond motifs is 2. The van der Waals surface area contributed by atoms with Gasteiger partial charge in [-0.25, -0.2) is 0 Å². The Morgan fingerprint density at radius 2 is 1.71 bits per heavy atom. The van der Waals surface area contributed by atoms with Crippen molar-refractivity contribution in [1.82, 2.24) is 15.0 Å². The fourth-order valence-corrected chi connectivity index (χ4v) is 5.45. The van der Waals surface area contributed by atoms with Crippen LogP contribution in [0.3, 0.4) is 0 Å². The lowest BCUT2D eigenvalue weighted by molar-refractivity contribution is 0.103. The van der Waals surface area contributed by atoms with Crippen LogP contribution in [0.4, 0.5) is 11.4 Å². The molecular formula is C26H24ClN5OS. The van der Waals surface area contributed by atoms with E-state index in [2.05, 4.69) is 46.4 Å². The molecule has 0 radical (unpaired) electrons. The number of amides is 1. The van der Waals surface area contributed by atoms with E-state index in [1.54, 1.807) is 4.80 Å². The summed E-state index contributed by atoms with van der Waals surface area (Å²) >= 11 is 7.88. The summed E-state index contributed by atoms with van der Waals surface area (Å²) in [5, 5.41) is 13.7. The van der Waals surface area contributed by atoms with Gasteiger partial charge in [-0.05, 0) is 68.8 Å². The van der Waals surface area contributed by atoms with Crippen LogP contribution in [0.5, 0.6) is 0 Å². The number of nitrogens with zero attached hydrogens (tertiary/aromatic N) is 4. The van der Waals surface area contributed by atoms with Gasteiger partial charge in [-0.2, -0.15) is 4.80 Å². The summed E-state index contributed by atoms with van der Waals surface area (Å²) in [6.07, 6.45) is 0. The molecule has 5 rings (SSSR count). The normalized spacial score (nSPS) is 11.3. The van der Waals surface area contributed by atoms with Crippen molar-refractivity contribution in [2.24, 2.45) is 0 Å². The highest BCUT2D eigenvalue weighted by Gasteiger charge is 2.18. The molecule has 0 bridgehead atoms. The second kappa shape index (κ2) is 9.08. The van der Waals surface area contributed by atoms with Crippen LogP contribution in [0, 0.1) is 6.92 Å². The summed E-state index contributed by atoms with van der Waals surface area (Å²) in [7, 11) is 0. The summed E-state index contributed by atoms with van der Waals surface area (Å²) in [6, 6.07) is 19.8. The minimum atomic E-state index is -0.229. The molecule has 2 aromatic heterocycles. The molecule has 0 aliphatic carbocycles. The predicted molar refractivity (Wildman–Crippen MR) is 142 cm³/mol. The third-order valence-corrected chi connectivity index (χ3v) is 7.60. The van der Waals surface area contributed by atoms with Crippen molar-refractivity contribution >= 4 is 61.3 Å². The van der Waals surface area contributed by atoms with Crippen molar-refractivity contribution in [2.75, 3.05) is 23.3 Å². The van der Waals surface area contributed by atoms with E-state index in [0.29, 0.717) is 21.1 Å². The van der Waals surface area contributed by atoms with Gasteiger partial charge >= 0.3 is 0 Å². The van der Waals surface area contributed by atoms with E-state index in [9.17, 15) is 4.79 Å². The Hall–Kier alpha value is -3.42. The largest absolute Gasteiger partial charge is 0.372 e. The summed E-state index contributed by atoms with van der Waals surface area (Å²) in [6.45, 7) is 8.15. The highest BCUT2D eigenvalue weighted by molar-refractivity contribution is 7.21. The molecule has 0 spiro atoms. The number of rotatable bonds is 6. The Morgan fingerprint density at radius 1 is 1.03 bits per heavy atom. The van der Waals surface area contributed by atoms with Crippen molar-refractivity contribution in [3.63, 3.8) is 0 Å². The molecular weight excluding hydrogens is 466 g/mol. The van der Waals surface area contributed by atoms with Gasteiger partial charge in [0.25, 0.3) is 5.91 Å². The zero-order chi connectivity index (χ0) is 23.8. The maximum absolute atomic E-state index is 13.0. The van der Waals surface area contributed by atoms with Gasteiger partial charge in [-0.15, -0.1) is 21.5 Å². The van der Waals surface area contributed by atoms with E-state index in [1.807, 2.05) is 55.5 Å². The molecule has 1 N–H and O–H groups in total. The number of hydrogen-bond donors (Lipinski definition) is 1. The fraction of sp³-hybridized carbons (Fsp3) is 0.192. The Labute approximate surface area is 206 Å². The van der Waals surface area contributed by atoms with E-state index < -0.39 is 0 Å². The van der Waals surface area contributed by atoms with Crippen LogP contribution >= 0.6 is 22.9 Å². The van der Waals surface area contributed by atoms with E-state index in [-0.39, 0.29) is 5.91 Å². The van der Waals surface area contributed by atoms with Crippen LogP contribution in [0.1, 0.15) is 29.1 Å². The highest BCUT2D eigenvalue weighted by atomic mass is 35.5. The van der Waals surface area contributed by atoms with Gasteiger partial charge in [-0.3, -0.25) is 4.79 Å². The lowest BCUT2D eigenvalue weighted by Crippen LogP contribution is -2.21. The summed E-state index contributed by atoms with van der Waals surface area (Å²) in [5.41, 5.74) is 5.12. The van der Waals surface area contributed by atoms with E-state index in [4.69, 9.17) is 11.6 Å².